The molecule has 28 heavy (non-hydrogen) atoms. The van der Waals surface area contributed by atoms with Crippen LogP contribution in [0, 0.1) is 5.41 Å². The molecule has 1 aromatic carbocycles. The van der Waals surface area contributed by atoms with E-state index < -0.39 is 11.5 Å². The molecule has 0 unspecified atom stereocenters. The molecule has 2 amide bonds. The lowest BCUT2D eigenvalue weighted by Crippen LogP contribution is -2.37. The second kappa shape index (κ2) is 9.99. The Morgan fingerprint density at radius 2 is 1.75 bits per heavy atom. The van der Waals surface area contributed by atoms with Crippen LogP contribution in [0.5, 0.6) is 0 Å². The number of carbonyl (C=O) groups excluding carboxylic acids is 3. The zero-order chi connectivity index (χ0) is 20.9. The van der Waals surface area contributed by atoms with Crippen LogP contribution in [-0.4, -0.2) is 23.0 Å². The fourth-order valence-corrected chi connectivity index (χ4v) is 4.67. The molecular weight excluding hydrogens is 419 g/mol. The molecule has 0 aromatic heterocycles. The first-order valence-electron chi connectivity index (χ1n) is 9.45. The lowest BCUT2D eigenvalue weighted by Gasteiger charge is -2.32. The summed E-state index contributed by atoms with van der Waals surface area (Å²) in [5.74, 6) is -0.345. The number of rotatable bonds is 6. The fraction of sp³-hybridized carbons (Fsp3) is 0.550. The summed E-state index contributed by atoms with van der Waals surface area (Å²) in [6, 6.07) is 2.53. The number of halogens is 2. The maximum absolute atomic E-state index is 12.9. The Hall–Kier alpha value is -1.24. The highest BCUT2D eigenvalue weighted by Crippen LogP contribution is 2.40. The van der Waals surface area contributed by atoms with Crippen molar-refractivity contribution in [2.75, 3.05) is 5.32 Å². The summed E-state index contributed by atoms with van der Waals surface area (Å²) < 4.78 is 0. The summed E-state index contributed by atoms with van der Waals surface area (Å²) in [4.78, 5) is 37.4. The molecule has 1 aliphatic rings. The third kappa shape index (κ3) is 5.88. The van der Waals surface area contributed by atoms with Gasteiger partial charge in [0.15, 0.2) is 0 Å². The van der Waals surface area contributed by atoms with Gasteiger partial charge in [-0.05, 0) is 43.2 Å². The maximum atomic E-state index is 12.9. The zero-order valence-electron chi connectivity index (χ0n) is 16.4. The summed E-state index contributed by atoms with van der Waals surface area (Å²) in [5, 5.41) is 5.96. The molecule has 1 atom stereocenters. The van der Waals surface area contributed by atoms with E-state index in [-0.39, 0.29) is 16.9 Å². The lowest BCUT2D eigenvalue weighted by molar-refractivity contribution is -0.126. The van der Waals surface area contributed by atoms with Crippen LogP contribution in [0.2, 0.25) is 10.0 Å². The number of nitrogens with one attached hydrogen (secondary N) is 2. The van der Waals surface area contributed by atoms with Crippen molar-refractivity contribution >= 4 is 57.6 Å². The normalized spacial score (nSPS) is 16.9. The van der Waals surface area contributed by atoms with Gasteiger partial charge < -0.3 is 10.6 Å². The van der Waals surface area contributed by atoms with Crippen molar-refractivity contribution in [3.8, 4) is 0 Å². The van der Waals surface area contributed by atoms with Gasteiger partial charge >= 0.3 is 0 Å². The summed E-state index contributed by atoms with van der Waals surface area (Å²) in [6.45, 7) is 5.16. The number of carbonyl (C=O) groups is 3. The Bertz CT molecular complexity index is 764. The van der Waals surface area contributed by atoms with Gasteiger partial charge in [-0.15, -0.1) is 0 Å². The van der Waals surface area contributed by atoms with Gasteiger partial charge in [0.1, 0.15) is 0 Å². The quantitative estimate of drug-likeness (QED) is 0.572. The molecule has 2 N–H and O–H groups in total. The number of hydrogen-bond acceptors (Lipinski definition) is 4. The lowest BCUT2D eigenvalue weighted by atomic mass is 9.75. The minimum absolute atomic E-state index is 0.0752. The van der Waals surface area contributed by atoms with Crippen LogP contribution < -0.4 is 10.6 Å². The molecule has 5 nitrogen and oxygen atoms in total. The van der Waals surface area contributed by atoms with E-state index in [4.69, 9.17) is 23.2 Å². The highest BCUT2D eigenvalue weighted by molar-refractivity contribution is 8.14. The molecule has 0 spiro atoms. The Kier molecular flexibility index (Phi) is 8.22. The van der Waals surface area contributed by atoms with Crippen molar-refractivity contribution in [1.29, 1.82) is 0 Å². The summed E-state index contributed by atoms with van der Waals surface area (Å²) in [7, 11) is 0. The minimum atomic E-state index is -0.614. The van der Waals surface area contributed by atoms with Crippen LogP contribution in [-0.2, 0) is 14.4 Å². The average molecular weight is 445 g/mol. The average Bonchev–Trinajstić information content (AvgIpc) is 2.64. The van der Waals surface area contributed by atoms with Gasteiger partial charge in [0.05, 0.1) is 21.8 Å². The third-order valence-corrected chi connectivity index (χ3v) is 6.82. The van der Waals surface area contributed by atoms with E-state index in [0.29, 0.717) is 27.0 Å². The molecule has 154 valence electrons. The van der Waals surface area contributed by atoms with Gasteiger partial charge in [0.25, 0.3) is 0 Å². The van der Waals surface area contributed by atoms with Crippen LogP contribution >= 0.6 is 35.0 Å². The highest BCUT2D eigenvalue weighted by atomic mass is 35.5. The van der Waals surface area contributed by atoms with Crippen molar-refractivity contribution in [3.63, 3.8) is 0 Å². The second-order valence-corrected chi connectivity index (χ2v) is 9.28. The molecule has 1 saturated carbocycles. The number of thioether (sulfide) groups is 1. The molecule has 0 saturated heterocycles. The van der Waals surface area contributed by atoms with Crippen molar-refractivity contribution in [2.24, 2.45) is 5.41 Å². The zero-order valence-corrected chi connectivity index (χ0v) is 18.7. The van der Waals surface area contributed by atoms with Crippen molar-refractivity contribution in [2.45, 2.75) is 70.2 Å². The smallest absolute Gasteiger partial charge is 0.230 e. The Morgan fingerprint density at radius 3 is 2.32 bits per heavy atom. The largest absolute Gasteiger partial charge is 0.346 e. The minimum Gasteiger partial charge on any atom is -0.346 e. The van der Waals surface area contributed by atoms with Crippen LogP contribution in [0.4, 0.5) is 5.69 Å². The van der Waals surface area contributed by atoms with E-state index in [1.165, 1.54) is 6.92 Å². The van der Waals surface area contributed by atoms with Crippen LogP contribution in [0.3, 0.4) is 0 Å². The highest BCUT2D eigenvalue weighted by Gasteiger charge is 2.35. The Morgan fingerprint density at radius 1 is 1.14 bits per heavy atom. The van der Waals surface area contributed by atoms with Crippen LogP contribution in [0.15, 0.2) is 17.0 Å². The van der Waals surface area contributed by atoms with E-state index >= 15 is 0 Å². The molecule has 2 rings (SSSR count). The van der Waals surface area contributed by atoms with Gasteiger partial charge in [-0.3, -0.25) is 14.4 Å². The van der Waals surface area contributed by atoms with Gasteiger partial charge in [-0.25, -0.2) is 0 Å². The first-order chi connectivity index (χ1) is 13.2. The van der Waals surface area contributed by atoms with Gasteiger partial charge in [0.2, 0.25) is 16.9 Å². The number of anilines is 1. The maximum Gasteiger partial charge on any atom is 0.230 e. The SMILES string of the molecule is CC[C@@H](NC(C)=O)C(=O)Sc1cc(Cl)c(Cl)cc1NC(=O)C1(C)CCCCC1. The van der Waals surface area contributed by atoms with E-state index in [9.17, 15) is 14.4 Å². The Labute approximate surface area is 180 Å². The fourth-order valence-electron chi connectivity index (χ4n) is 3.30. The number of benzene rings is 1. The molecule has 1 fully saturated rings. The molecule has 1 aromatic rings. The van der Waals surface area contributed by atoms with E-state index in [2.05, 4.69) is 10.6 Å². The number of hydrogen-bond donors (Lipinski definition) is 2. The van der Waals surface area contributed by atoms with Crippen molar-refractivity contribution < 1.29 is 14.4 Å². The first kappa shape index (κ1) is 23.0. The first-order valence-corrected chi connectivity index (χ1v) is 11.0. The monoisotopic (exact) mass is 444 g/mol. The van der Waals surface area contributed by atoms with Gasteiger partial charge in [-0.2, -0.15) is 0 Å². The van der Waals surface area contributed by atoms with Crippen molar-refractivity contribution in [3.05, 3.63) is 22.2 Å². The molecule has 0 radical (unpaired) electrons. The molecule has 0 bridgehead atoms. The summed E-state index contributed by atoms with van der Waals surface area (Å²) >= 11 is 13.2. The van der Waals surface area contributed by atoms with Gasteiger partial charge in [0, 0.05) is 17.2 Å². The predicted octanol–water partition coefficient (Wildman–Crippen LogP) is 5.44. The van der Waals surface area contributed by atoms with E-state index in [0.717, 1.165) is 43.9 Å². The molecule has 1 aliphatic carbocycles. The predicted molar refractivity (Wildman–Crippen MR) is 115 cm³/mol. The van der Waals surface area contributed by atoms with E-state index in [1.807, 2.05) is 13.8 Å². The summed E-state index contributed by atoms with van der Waals surface area (Å²) in [6.07, 6.45) is 5.34. The van der Waals surface area contributed by atoms with Gasteiger partial charge in [-0.1, -0.05) is 56.3 Å². The second-order valence-electron chi connectivity index (χ2n) is 7.42. The standard InChI is InChI=1S/C20H26Cl2N2O3S/c1-4-15(23-12(2)25)18(26)28-17-11-14(22)13(21)10-16(17)24-19(27)20(3)8-6-5-7-9-20/h10-11,15H,4-9H2,1-3H3,(H,23,25)(H,24,27)/t15-/m1/s1. The number of amides is 2. The third-order valence-electron chi connectivity index (χ3n) is 5.06. The van der Waals surface area contributed by atoms with Crippen molar-refractivity contribution in [1.82, 2.24) is 5.32 Å². The summed E-state index contributed by atoms with van der Waals surface area (Å²) in [5.41, 5.74) is 0.0283. The molecule has 0 aliphatic heterocycles. The van der Waals surface area contributed by atoms with E-state index in [1.54, 1.807) is 12.1 Å². The molecule has 0 heterocycles. The Balaban J connectivity index is 2.24. The van der Waals surface area contributed by atoms with Crippen LogP contribution in [0.25, 0.3) is 0 Å². The molecule has 8 heteroatoms. The molecular formula is C20H26Cl2N2O3S. The van der Waals surface area contributed by atoms with Crippen LogP contribution in [0.1, 0.15) is 59.3 Å². The topological polar surface area (TPSA) is 75.3 Å².